The van der Waals surface area contributed by atoms with E-state index in [1.165, 1.54) is 0 Å². The van der Waals surface area contributed by atoms with E-state index in [2.05, 4.69) is 31.4 Å². The van der Waals surface area contributed by atoms with Gasteiger partial charge in [-0.2, -0.15) is 5.10 Å². The van der Waals surface area contributed by atoms with Crippen LogP contribution in [0.3, 0.4) is 0 Å². The molecule has 0 aliphatic rings. The van der Waals surface area contributed by atoms with Gasteiger partial charge < -0.3 is 14.0 Å². The number of nitrogens with zero attached hydrogens (tertiary/aromatic N) is 3. The zero-order valence-corrected chi connectivity index (χ0v) is 20.0. The summed E-state index contributed by atoms with van der Waals surface area (Å²) >= 11 is 3.39. The fraction of sp³-hybridized carbons (Fsp3) is 0.304. The largest absolute Gasteiger partial charge is 0.462 e. The molecule has 9 heteroatoms. The average molecular weight is 501 g/mol. The van der Waals surface area contributed by atoms with Crippen molar-refractivity contribution in [3.63, 3.8) is 0 Å². The molecule has 32 heavy (non-hydrogen) atoms. The fourth-order valence-electron chi connectivity index (χ4n) is 3.04. The van der Waals surface area contributed by atoms with Gasteiger partial charge in [0.1, 0.15) is 16.5 Å². The molecule has 0 atom stereocenters. The molecule has 2 heterocycles. The van der Waals surface area contributed by atoms with E-state index >= 15 is 0 Å². The van der Waals surface area contributed by atoms with Crippen molar-refractivity contribution in [2.45, 2.75) is 39.8 Å². The lowest BCUT2D eigenvalue weighted by Crippen LogP contribution is -2.32. The lowest BCUT2D eigenvalue weighted by atomic mass is 10.1. The van der Waals surface area contributed by atoms with Crippen molar-refractivity contribution in [2.75, 3.05) is 6.61 Å². The number of hydrogen-bond donors (Lipinski definition) is 1. The Morgan fingerprint density at radius 3 is 2.59 bits per heavy atom. The molecule has 3 aromatic rings. The van der Waals surface area contributed by atoms with Gasteiger partial charge in [-0.1, -0.05) is 18.2 Å². The normalized spacial score (nSPS) is 12.0. The van der Waals surface area contributed by atoms with E-state index in [0.29, 0.717) is 17.3 Å². The molecule has 1 amide bonds. The molecular weight excluding hydrogens is 476 g/mol. The summed E-state index contributed by atoms with van der Waals surface area (Å²) in [5.74, 6) is -0.541. The smallest absolute Gasteiger partial charge is 0.428 e. The van der Waals surface area contributed by atoms with Gasteiger partial charge in [0.25, 0.3) is 0 Å². The first kappa shape index (κ1) is 23.5. The van der Waals surface area contributed by atoms with Gasteiger partial charge in [0, 0.05) is 22.3 Å². The third-order valence-electron chi connectivity index (χ3n) is 4.28. The molecule has 1 aromatic carbocycles. The van der Waals surface area contributed by atoms with Crippen LogP contribution >= 0.6 is 15.9 Å². The second-order valence-electron chi connectivity index (χ2n) is 7.95. The SMILES string of the molecule is CCOC(=O)c1cn(Cc2ccc(Br)cn2)c2ccccc2/c1=N/NC(=O)OC(C)(C)C. The molecule has 3 rings (SSSR count). The zero-order valence-electron chi connectivity index (χ0n) is 18.4. The summed E-state index contributed by atoms with van der Waals surface area (Å²) < 4.78 is 13.3. The zero-order chi connectivity index (χ0) is 23.3. The summed E-state index contributed by atoms with van der Waals surface area (Å²) in [6, 6.07) is 11.3. The van der Waals surface area contributed by atoms with Gasteiger partial charge in [-0.3, -0.25) is 4.98 Å². The van der Waals surface area contributed by atoms with Crippen molar-refractivity contribution in [1.82, 2.24) is 15.0 Å². The average Bonchev–Trinajstić information content (AvgIpc) is 2.73. The highest BCUT2D eigenvalue weighted by Gasteiger charge is 2.18. The summed E-state index contributed by atoms with van der Waals surface area (Å²) in [7, 11) is 0. The Labute approximate surface area is 194 Å². The molecule has 0 aliphatic heterocycles. The third kappa shape index (κ3) is 5.94. The number of benzene rings is 1. The Morgan fingerprint density at radius 1 is 1.19 bits per heavy atom. The predicted molar refractivity (Wildman–Crippen MR) is 124 cm³/mol. The lowest BCUT2D eigenvalue weighted by molar-refractivity contribution is 0.0506. The minimum absolute atomic E-state index is 0.207. The van der Waals surface area contributed by atoms with Gasteiger partial charge in [-0.05, 0) is 61.8 Å². The number of aromatic nitrogens is 2. The number of esters is 1. The summed E-state index contributed by atoms with van der Waals surface area (Å²) in [6.07, 6.45) is 2.67. The van der Waals surface area contributed by atoms with Crippen molar-refractivity contribution in [3.05, 3.63) is 69.9 Å². The first-order valence-electron chi connectivity index (χ1n) is 10.1. The molecule has 0 aliphatic carbocycles. The van der Waals surface area contributed by atoms with Crippen LogP contribution in [0.2, 0.25) is 0 Å². The van der Waals surface area contributed by atoms with E-state index in [1.54, 1.807) is 40.1 Å². The van der Waals surface area contributed by atoms with Gasteiger partial charge in [0.2, 0.25) is 0 Å². The van der Waals surface area contributed by atoms with Crippen LogP contribution in [-0.2, 0) is 16.0 Å². The minimum atomic E-state index is -0.716. The molecule has 2 aromatic heterocycles. The number of ether oxygens (including phenoxy) is 2. The van der Waals surface area contributed by atoms with Gasteiger partial charge in [-0.25, -0.2) is 15.0 Å². The van der Waals surface area contributed by atoms with Crippen molar-refractivity contribution in [3.8, 4) is 0 Å². The molecule has 0 saturated heterocycles. The highest BCUT2D eigenvalue weighted by atomic mass is 79.9. The Balaban J connectivity index is 2.14. The first-order valence-corrected chi connectivity index (χ1v) is 10.9. The number of carbonyl (C=O) groups excluding carboxylic acids is 2. The van der Waals surface area contributed by atoms with E-state index in [-0.39, 0.29) is 12.2 Å². The quantitative estimate of drug-likeness (QED) is 0.414. The first-order chi connectivity index (χ1) is 15.2. The maximum absolute atomic E-state index is 12.8. The van der Waals surface area contributed by atoms with Crippen molar-refractivity contribution >= 4 is 38.9 Å². The van der Waals surface area contributed by atoms with E-state index in [0.717, 1.165) is 15.7 Å². The van der Waals surface area contributed by atoms with Gasteiger partial charge in [0.15, 0.2) is 0 Å². The summed E-state index contributed by atoms with van der Waals surface area (Å²) in [5, 5.41) is 5.19. The predicted octanol–water partition coefficient (Wildman–Crippen LogP) is 4.36. The number of rotatable bonds is 5. The molecule has 0 radical (unpaired) electrons. The summed E-state index contributed by atoms with van der Waals surface area (Å²) in [4.78, 5) is 29.3. The Hall–Kier alpha value is -3.20. The lowest BCUT2D eigenvalue weighted by Gasteiger charge is -2.18. The van der Waals surface area contributed by atoms with Crippen molar-refractivity contribution in [1.29, 1.82) is 0 Å². The summed E-state index contributed by atoms with van der Waals surface area (Å²) in [5.41, 5.74) is 3.56. The topological polar surface area (TPSA) is 94.8 Å². The highest BCUT2D eigenvalue weighted by molar-refractivity contribution is 9.10. The number of para-hydroxylation sites is 1. The van der Waals surface area contributed by atoms with Crippen LogP contribution in [0.1, 0.15) is 43.7 Å². The number of fused-ring (bicyclic) bond motifs is 1. The van der Waals surface area contributed by atoms with Crippen molar-refractivity contribution in [2.24, 2.45) is 5.10 Å². The van der Waals surface area contributed by atoms with Gasteiger partial charge in [-0.15, -0.1) is 0 Å². The second-order valence-corrected chi connectivity index (χ2v) is 8.87. The number of pyridine rings is 2. The highest BCUT2D eigenvalue weighted by Crippen LogP contribution is 2.16. The second kappa shape index (κ2) is 9.95. The molecule has 0 bridgehead atoms. The summed E-state index contributed by atoms with van der Waals surface area (Å²) in [6.45, 7) is 7.64. The van der Waals surface area contributed by atoms with E-state index in [4.69, 9.17) is 9.47 Å². The van der Waals surface area contributed by atoms with Crippen molar-refractivity contribution < 1.29 is 19.1 Å². The maximum atomic E-state index is 12.8. The van der Waals surface area contributed by atoms with Gasteiger partial charge in [0.05, 0.1) is 24.4 Å². The minimum Gasteiger partial charge on any atom is -0.462 e. The molecular formula is C23H25BrN4O4. The molecule has 0 saturated carbocycles. The van der Waals surface area contributed by atoms with Crippen LogP contribution in [0.15, 0.2) is 58.4 Å². The van der Waals surface area contributed by atoms with E-state index in [1.807, 2.05) is 41.0 Å². The van der Waals surface area contributed by atoms with Crippen LogP contribution in [-0.4, -0.2) is 33.8 Å². The van der Waals surface area contributed by atoms with Crippen LogP contribution in [0.4, 0.5) is 4.79 Å². The van der Waals surface area contributed by atoms with Crippen LogP contribution < -0.4 is 10.8 Å². The number of nitrogens with one attached hydrogen (secondary N) is 1. The number of carbonyl (C=O) groups is 2. The Kier molecular flexibility index (Phi) is 7.29. The van der Waals surface area contributed by atoms with Gasteiger partial charge >= 0.3 is 12.1 Å². The molecule has 8 nitrogen and oxygen atoms in total. The molecule has 168 valence electrons. The molecule has 0 spiro atoms. The number of hydrogen-bond acceptors (Lipinski definition) is 6. The van der Waals surface area contributed by atoms with Crippen LogP contribution in [0.25, 0.3) is 10.9 Å². The van der Waals surface area contributed by atoms with E-state index < -0.39 is 17.7 Å². The molecule has 1 N–H and O–H groups in total. The van der Waals surface area contributed by atoms with E-state index in [9.17, 15) is 9.59 Å². The Morgan fingerprint density at radius 2 is 1.94 bits per heavy atom. The monoisotopic (exact) mass is 500 g/mol. The number of amides is 1. The van der Waals surface area contributed by atoms with Crippen LogP contribution in [0, 0.1) is 0 Å². The molecule has 0 fully saturated rings. The fourth-order valence-corrected chi connectivity index (χ4v) is 3.28. The standard InChI is InChI=1S/C23H25BrN4O4/c1-5-31-21(29)18-14-28(13-16-11-10-15(24)12-25-16)19-9-7-6-8-17(19)20(18)26-27-22(30)32-23(2,3)4/h6-12,14H,5,13H2,1-4H3,(H,27,30)/b26-20-. The molecule has 0 unspecified atom stereocenters. The Bertz CT molecular complexity index is 1200. The number of halogens is 1. The van der Waals surface area contributed by atoms with Crippen LogP contribution in [0.5, 0.6) is 0 Å². The third-order valence-corrected chi connectivity index (χ3v) is 4.75. The maximum Gasteiger partial charge on any atom is 0.428 e.